The van der Waals surface area contributed by atoms with Gasteiger partial charge in [0.05, 0.1) is 19.4 Å². The highest BCUT2D eigenvalue weighted by Gasteiger charge is 2.45. The Morgan fingerprint density at radius 3 is 2.12 bits per heavy atom. The smallest absolute Gasteiger partial charge is 0.0882 e. The van der Waals surface area contributed by atoms with Crippen molar-refractivity contribution in [2.75, 3.05) is 7.11 Å². The van der Waals surface area contributed by atoms with Crippen LogP contribution in [0.1, 0.15) is 18.9 Å². The van der Waals surface area contributed by atoms with Crippen LogP contribution in [0.3, 0.4) is 0 Å². The van der Waals surface area contributed by atoms with Crippen LogP contribution in [0.2, 0.25) is 19.6 Å². The normalized spacial score (nSPS) is 17.5. The van der Waals surface area contributed by atoms with E-state index in [1.165, 1.54) is 5.56 Å². The molecule has 96 valence electrons. The highest BCUT2D eigenvalue weighted by molar-refractivity contribution is 6.78. The molecule has 1 N–H and O–H groups in total. The number of ether oxygens (including phenoxy) is 1. The SMILES string of the molecule is COC(C[C@H](C)O)(c1ccccc1)[Si](C)(C)C. The maximum absolute atomic E-state index is 9.79. The highest BCUT2D eigenvalue weighted by atomic mass is 28.3. The van der Waals surface area contributed by atoms with Gasteiger partial charge in [-0.2, -0.15) is 0 Å². The summed E-state index contributed by atoms with van der Waals surface area (Å²) in [7, 11) is 0.135. The monoisotopic (exact) mass is 252 g/mol. The molecule has 2 nitrogen and oxygen atoms in total. The van der Waals surface area contributed by atoms with Crippen LogP contribution < -0.4 is 0 Å². The fourth-order valence-electron chi connectivity index (χ4n) is 2.49. The summed E-state index contributed by atoms with van der Waals surface area (Å²) < 4.78 is 5.90. The Morgan fingerprint density at radius 1 is 1.24 bits per heavy atom. The summed E-state index contributed by atoms with van der Waals surface area (Å²) in [5.74, 6) is 0. The van der Waals surface area contributed by atoms with Gasteiger partial charge in [-0.25, -0.2) is 0 Å². The second-order valence-electron chi connectivity index (χ2n) is 5.70. The van der Waals surface area contributed by atoms with Crippen LogP contribution in [0, 0.1) is 0 Å². The summed E-state index contributed by atoms with van der Waals surface area (Å²) >= 11 is 0. The van der Waals surface area contributed by atoms with Crippen LogP contribution in [0.25, 0.3) is 0 Å². The number of methoxy groups -OCH3 is 1. The molecule has 1 aromatic carbocycles. The first-order valence-corrected chi connectivity index (χ1v) is 9.62. The molecule has 0 saturated carbocycles. The molecule has 1 aromatic rings. The molecule has 0 aliphatic carbocycles. The predicted octanol–water partition coefficient (Wildman–Crippen LogP) is 3.18. The second-order valence-corrected chi connectivity index (χ2v) is 11.0. The molecule has 1 unspecified atom stereocenters. The topological polar surface area (TPSA) is 29.5 Å². The van der Waals surface area contributed by atoms with Gasteiger partial charge in [-0.05, 0) is 12.5 Å². The van der Waals surface area contributed by atoms with Gasteiger partial charge in [0, 0.05) is 13.5 Å². The molecule has 3 heteroatoms. The van der Waals surface area contributed by atoms with E-state index in [2.05, 4.69) is 31.8 Å². The maximum Gasteiger partial charge on any atom is 0.0882 e. The molecule has 0 amide bonds. The van der Waals surface area contributed by atoms with Gasteiger partial charge < -0.3 is 9.84 Å². The Hall–Kier alpha value is -0.643. The Bertz CT molecular complexity index is 343. The maximum atomic E-state index is 9.79. The first-order valence-electron chi connectivity index (χ1n) is 6.12. The van der Waals surface area contributed by atoms with Crippen molar-refractivity contribution < 1.29 is 9.84 Å². The lowest BCUT2D eigenvalue weighted by Gasteiger charge is -2.44. The van der Waals surface area contributed by atoms with Crippen LogP contribution in [0.4, 0.5) is 0 Å². The Labute approximate surface area is 106 Å². The Kier molecular flexibility index (Phi) is 4.53. The molecule has 0 bridgehead atoms. The molecule has 0 aliphatic heterocycles. The molecule has 2 atom stereocenters. The third-order valence-corrected chi connectivity index (χ3v) is 6.50. The van der Waals surface area contributed by atoms with Crippen LogP contribution in [0.5, 0.6) is 0 Å². The lowest BCUT2D eigenvalue weighted by atomic mass is 10.0. The van der Waals surface area contributed by atoms with E-state index < -0.39 is 8.07 Å². The fraction of sp³-hybridized carbons (Fsp3) is 0.571. The quantitative estimate of drug-likeness (QED) is 0.816. The lowest BCUT2D eigenvalue weighted by Crippen LogP contribution is -2.52. The van der Waals surface area contributed by atoms with Crippen molar-refractivity contribution in [1.82, 2.24) is 0 Å². The van der Waals surface area contributed by atoms with Crippen molar-refractivity contribution in [2.24, 2.45) is 0 Å². The number of hydrogen-bond donors (Lipinski definition) is 1. The van der Waals surface area contributed by atoms with Crippen molar-refractivity contribution >= 4 is 8.07 Å². The largest absolute Gasteiger partial charge is 0.393 e. The zero-order valence-electron chi connectivity index (χ0n) is 11.5. The van der Waals surface area contributed by atoms with Crippen molar-refractivity contribution in [2.45, 2.75) is 44.3 Å². The molecule has 0 fully saturated rings. The molecule has 0 aliphatic rings. The standard InChI is InChI=1S/C14H24O2Si/c1-12(15)11-14(16-2,17(3,4)5)13-9-7-6-8-10-13/h6-10,12,15H,11H2,1-5H3/t12-,14?/m0/s1. The Balaban J connectivity index is 3.27. The number of aliphatic hydroxyl groups excluding tert-OH is 1. The first kappa shape index (κ1) is 14.4. The molecule has 0 radical (unpaired) electrons. The summed E-state index contributed by atoms with van der Waals surface area (Å²) in [6.07, 6.45) is 0.297. The highest BCUT2D eigenvalue weighted by Crippen LogP contribution is 2.39. The number of hydrogen-bond acceptors (Lipinski definition) is 2. The summed E-state index contributed by atoms with van der Waals surface area (Å²) in [6.45, 7) is 8.68. The summed E-state index contributed by atoms with van der Waals surface area (Å²) in [4.78, 5) is 0. The van der Waals surface area contributed by atoms with Gasteiger partial charge >= 0.3 is 0 Å². The number of aliphatic hydroxyl groups is 1. The van der Waals surface area contributed by atoms with E-state index in [0.29, 0.717) is 6.42 Å². The molecule has 0 aromatic heterocycles. The third-order valence-electron chi connectivity index (χ3n) is 3.38. The van der Waals surface area contributed by atoms with E-state index in [0.717, 1.165) is 0 Å². The van der Waals surface area contributed by atoms with Crippen molar-refractivity contribution in [1.29, 1.82) is 0 Å². The van der Waals surface area contributed by atoms with Crippen LogP contribution >= 0.6 is 0 Å². The van der Waals surface area contributed by atoms with Crippen molar-refractivity contribution in [3.05, 3.63) is 35.9 Å². The lowest BCUT2D eigenvalue weighted by molar-refractivity contribution is 0.00729. The fourth-order valence-corrected chi connectivity index (χ4v) is 5.04. The van der Waals surface area contributed by atoms with Gasteiger partial charge in [0.2, 0.25) is 0 Å². The average molecular weight is 252 g/mol. The van der Waals surface area contributed by atoms with Gasteiger partial charge in [0.25, 0.3) is 0 Å². The second kappa shape index (κ2) is 5.34. The summed E-state index contributed by atoms with van der Waals surface area (Å²) in [6, 6.07) is 10.3. The molecule has 1 rings (SSSR count). The zero-order chi connectivity index (χ0) is 13.1. The summed E-state index contributed by atoms with van der Waals surface area (Å²) in [5.41, 5.74) is 1.18. The van der Waals surface area contributed by atoms with Crippen LogP contribution in [0.15, 0.2) is 30.3 Å². The van der Waals surface area contributed by atoms with Crippen molar-refractivity contribution in [3.8, 4) is 0 Å². The van der Waals surface area contributed by atoms with Crippen molar-refractivity contribution in [3.63, 3.8) is 0 Å². The van der Waals surface area contributed by atoms with Gasteiger partial charge in [-0.3, -0.25) is 0 Å². The van der Waals surface area contributed by atoms with Gasteiger partial charge in [0.1, 0.15) is 0 Å². The molecule has 17 heavy (non-hydrogen) atoms. The predicted molar refractivity (Wildman–Crippen MR) is 74.8 cm³/mol. The molecular formula is C14H24O2Si. The van der Waals surface area contributed by atoms with E-state index in [9.17, 15) is 5.11 Å². The minimum absolute atomic E-state index is 0.317. The average Bonchev–Trinajstić information content (AvgIpc) is 2.25. The number of rotatable bonds is 5. The summed E-state index contributed by atoms with van der Waals surface area (Å²) in [5, 5.41) is 9.47. The van der Waals surface area contributed by atoms with Gasteiger partial charge in [-0.15, -0.1) is 0 Å². The minimum atomic E-state index is -1.62. The molecule has 0 saturated heterocycles. The molecule has 0 heterocycles. The third kappa shape index (κ3) is 2.97. The first-order chi connectivity index (χ1) is 7.83. The Morgan fingerprint density at radius 2 is 1.76 bits per heavy atom. The van der Waals surface area contributed by atoms with E-state index in [1.807, 2.05) is 25.1 Å². The van der Waals surface area contributed by atoms with E-state index in [1.54, 1.807) is 7.11 Å². The van der Waals surface area contributed by atoms with E-state index in [-0.39, 0.29) is 11.3 Å². The molecule has 0 spiro atoms. The zero-order valence-corrected chi connectivity index (χ0v) is 12.5. The van der Waals surface area contributed by atoms with Gasteiger partial charge in [0.15, 0.2) is 0 Å². The van der Waals surface area contributed by atoms with E-state index >= 15 is 0 Å². The van der Waals surface area contributed by atoms with Crippen LogP contribution in [-0.2, 0) is 9.96 Å². The van der Waals surface area contributed by atoms with E-state index in [4.69, 9.17) is 4.74 Å². The number of benzene rings is 1. The molecular weight excluding hydrogens is 228 g/mol. The van der Waals surface area contributed by atoms with Crippen LogP contribution in [-0.4, -0.2) is 26.4 Å². The minimum Gasteiger partial charge on any atom is -0.393 e. The van der Waals surface area contributed by atoms with Gasteiger partial charge in [-0.1, -0.05) is 50.0 Å².